The van der Waals surface area contributed by atoms with Crippen LogP contribution >= 0.6 is 11.6 Å². The number of nitrogens with two attached hydrogens (primary N) is 1. The van der Waals surface area contributed by atoms with Gasteiger partial charge >= 0.3 is 0 Å². The molecule has 1 saturated carbocycles. The van der Waals surface area contributed by atoms with E-state index in [1.807, 2.05) is 0 Å². The molecule has 0 radical (unpaired) electrons. The van der Waals surface area contributed by atoms with E-state index in [1.54, 1.807) is 0 Å². The van der Waals surface area contributed by atoms with Crippen molar-refractivity contribution in [1.82, 2.24) is 0 Å². The molecule has 1 aliphatic rings. The van der Waals surface area contributed by atoms with Crippen LogP contribution in [0.3, 0.4) is 0 Å². The van der Waals surface area contributed by atoms with Crippen LogP contribution in [0.4, 0.5) is 5.69 Å². The minimum Gasteiger partial charge on any atom is -0.366 e. The maximum absolute atomic E-state index is 11.7. The molecule has 19 heavy (non-hydrogen) atoms. The minimum absolute atomic E-state index is 0.118. The second-order valence-electron chi connectivity index (χ2n) is 4.24. The van der Waals surface area contributed by atoms with Crippen LogP contribution < -0.4 is 11.1 Å². The van der Waals surface area contributed by atoms with E-state index in [0.717, 1.165) is 0 Å². The van der Waals surface area contributed by atoms with E-state index in [-0.39, 0.29) is 17.0 Å². The molecule has 1 aromatic rings. The van der Waals surface area contributed by atoms with E-state index >= 15 is 0 Å². The molecule has 0 spiro atoms. The average Bonchev–Trinajstić information content (AvgIpc) is 3.08. The number of anilines is 1. The Morgan fingerprint density at radius 2 is 2.16 bits per heavy atom. The number of hydrogen-bond acceptors (Lipinski definition) is 4. The molecule has 0 aromatic heterocycles. The van der Waals surface area contributed by atoms with Crippen molar-refractivity contribution in [2.45, 2.75) is 12.5 Å². The summed E-state index contributed by atoms with van der Waals surface area (Å²) in [6.45, 7) is 0. The highest BCUT2D eigenvalue weighted by Gasteiger charge is 2.53. The van der Waals surface area contributed by atoms with Gasteiger partial charge in [-0.15, -0.1) is 0 Å². The zero-order valence-electron chi connectivity index (χ0n) is 9.63. The summed E-state index contributed by atoms with van der Waals surface area (Å²) in [5, 5.41) is 13.1. The third-order valence-corrected chi connectivity index (χ3v) is 3.18. The van der Waals surface area contributed by atoms with Crippen LogP contribution in [0.2, 0.25) is 5.02 Å². The van der Waals surface area contributed by atoms with Crippen molar-refractivity contribution in [3.8, 4) is 0 Å². The Hall–Kier alpha value is -2.15. The van der Waals surface area contributed by atoms with Crippen molar-refractivity contribution in [2.75, 3.05) is 5.32 Å². The molecule has 0 heterocycles. The van der Waals surface area contributed by atoms with E-state index in [1.165, 1.54) is 18.2 Å². The molecule has 100 valence electrons. The Labute approximate surface area is 112 Å². The van der Waals surface area contributed by atoms with Gasteiger partial charge in [0.1, 0.15) is 5.92 Å². The van der Waals surface area contributed by atoms with Gasteiger partial charge in [0, 0.05) is 17.0 Å². The van der Waals surface area contributed by atoms with Gasteiger partial charge in [-0.05, 0) is 18.2 Å². The third kappa shape index (κ3) is 2.82. The van der Waals surface area contributed by atoms with E-state index in [0.29, 0.717) is 5.69 Å². The number of rotatable bonds is 4. The maximum Gasteiger partial charge on any atom is 0.250 e. The normalized spacial score (nSPS) is 20.7. The highest BCUT2D eigenvalue weighted by molar-refractivity contribution is 6.34. The number of nitrogens with zero attached hydrogens (tertiary/aromatic N) is 1. The number of amides is 2. The molecule has 0 aliphatic heterocycles. The molecule has 1 fully saturated rings. The van der Waals surface area contributed by atoms with E-state index in [9.17, 15) is 19.7 Å². The number of primary amides is 1. The number of nitro groups is 1. The second kappa shape index (κ2) is 4.85. The lowest BCUT2D eigenvalue weighted by Gasteiger charge is -2.06. The Balaban J connectivity index is 2.04. The molecular weight excluding hydrogens is 274 g/mol. The van der Waals surface area contributed by atoms with E-state index in [2.05, 4.69) is 5.32 Å². The molecule has 2 atom stereocenters. The number of carbonyl (C=O) groups excluding carboxylic acids is 2. The molecule has 1 aliphatic carbocycles. The Morgan fingerprint density at radius 1 is 1.47 bits per heavy atom. The zero-order chi connectivity index (χ0) is 14.2. The number of carbonyl (C=O) groups is 2. The average molecular weight is 284 g/mol. The van der Waals surface area contributed by atoms with Crippen molar-refractivity contribution in [2.24, 2.45) is 11.7 Å². The molecule has 7 nitrogen and oxygen atoms in total. The number of nitrogens with one attached hydrogen (secondary N) is 1. The van der Waals surface area contributed by atoms with Crippen LogP contribution in [0.15, 0.2) is 18.2 Å². The van der Waals surface area contributed by atoms with Gasteiger partial charge in [-0.25, -0.2) is 0 Å². The van der Waals surface area contributed by atoms with Gasteiger partial charge in [0.05, 0.1) is 10.6 Å². The van der Waals surface area contributed by atoms with Crippen LogP contribution in [-0.4, -0.2) is 22.8 Å². The molecule has 2 amide bonds. The number of benzene rings is 1. The highest BCUT2D eigenvalue weighted by Crippen LogP contribution is 2.34. The minimum atomic E-state index is -0.805. The fourth-order valence-electron chi connectivity index (χ4n) is 1.72. The molecule has 2 unspecified atom stereocenters. The monoisotopic (exact) mass is 283 g/mol. The molecular formula is C11H10ClN3O4. The highest BCUT2D eigenvalue weighted by atomic mass is 35.5. The van der Waals surface area contributed by atoms with Gasteiger partial charge in [0.25, 0.3) is 0 Å². The van der Waals surface area contributed by atoms with Crippen LogP contribution in [0, 0.1) is 16.0 Å². The maximum atomic E-state index is 11.7. The lowest BCUT2D eigenvalue weighted by atomic mass is 10.2. The summed E-state index contributed by atoms with van der Waals surface area (Å²) >= 11 is 5.82. The zero-order valence-corrected chi connectivity index (χ0v) is 10.4. The summed E-state index contributed by atoms with van der Waals surface area (Å²) in [4.78, 5) is 32.6. The SMILES string of the molecule is NC(=O)c1ccc(NC(=O)C2CC2[N+](=O)[O-])cc1Cl. The van der Waals surface area contributed by atoms with Gasteiger partial charge < -0.3 is 11.1 Å². The van der Waals surface area contributed by atoms with Gasteiger partial charge in [-0.2, -0.15) is 0 Å². The van der Waals surface area contributed by atoms with Crippen molar-refractivity contribution in [3.05, 3.63) is 38.9 Å². The van der Waals surface area contributed by atoms with E-state index < -0.39 is 28.7 Å². The topological polar surface area (TPSA) is 115 Å². The summed E-state index contributed by atoms with van der Waals surface area (Å²) in [6, 6.07) is 3.43. The summed E-state index contributed by atoms with van der Waals surface area (Å²) in [7, 11) is 0. The fourth-order valence-corrected chi connectivity index (χ4v) is 2.00. The smallest absolute Gasteiger partial charge is 0.250 e. The summed E-state index contributed by atoms with van der Waals surface area (Å²) in [5.74, 6) is -1.70. The lowest BCUT2D eigenvalue weighted by molar-refractivity contribution is -0.497. The summed E-state index contributed by atoms with van der Waals surface area (Å²) in [5.41, 5.74) is 5.61. The predicted octanol–water partition coefficient (Wildman–Crippen LogP) is 1.04. The van der Waals surface area contributed by atoms with Gasteiger partial charge in [-0.3, -0.25) is 19.7 Å². The Bertz CT molecular complexity index is 575. The molecule has 0 saturated heterocycles. The first-order valence-corrected chi connectivity index (χ1v) is 5.81. The third-order valence-electron chi connectivity index (χ3n) is 2.87. The fraction of sp³-hybridized carbons (Fsp3) is 0.273. The predicted molar refractivity (Wildman–Crippen MR) is 67.5 cm³/mol. The standard InChI is InChI=1S/C11H10ClN3O4/c12-8-3-5(1-2-6(8)10(13)16)14-11(17)7-4-9(7)15(18)19/h1-3,7,9H,4H2,(H2,13,16)(H,14,17). The Kier molecular flexibility index (Phi) is 3.39. The van der Waals surface area contributed by atoms with Gasteiger partial charge in [0.15, 0.2) is 0 Å². The van der Waals surface area contributed by atoms with Crippen molar-refractivity contribution < 1.29 is 14.5 Å². The van der Waals surface area contributed by atoms with Crippen LogP contribution in [-0.2, 0) is 4.79 Å². The van der Waals surface area contributed by atoms with Crippen LogP contribution in [0.5, 0.6) is 0 Å². The van der Waals surface area contributed by atoms with E-state index in [4.69, 9.17) is 17.3 Å². The molecule has 0 bridgehead atoms. The van der Waals surface area contributed by atoms with Crippen molar-refractivity contribution >= 4 is 29.1 Å². The number of hydrogen-bond donors (Lipinski definition) is 2. The molecule has 3 N–H and O–H groups in total. The first-order chi connectivity index (χ1) is 8.90. The summed E-state index contributed by atoms with van der Waals surface area (Å²) < 4.78 is 0. The quantitative estimate of drug-likeness (QED) is 0.634. The van der Waals surface area contributed by atoms with Crippen LogP contribution in [0.1, 0.15) is 16.8 Å². The largest absolute Gasteiger partial charge is 0.366 e. The molecule has 1 aromatic carbocycles. The Morgan fingerprint density at radius 3 is 2.63 bits per heavy atom. The molecule has 8 heteroatoms. The van der Waals surface area contributed by atoms with Crippen molar-refractivity contribution in [3.63, 3.8) is 0 Å². The number of halogens is 1. The van der Waals surface area contributed by atoms with Crippen molar-refractivity contribution in [1.29, 1.82) is 0 Å². The second-order valence-corrected chi connectivity index (χ2v) is 4.65. The summed E-state index contributed by atoms with van der Waals surface area (Å²) in [6.07, 6.45) is 0.242. The first-order valence-electron chi connectivity index (χ1n) is 5.44. The first kappa shape index (κ1) is 13.3. The molecule has 2 rings (SSSR count). The van der Waals surface area contributed by atoms with Crippen LogP contribution in [0.25, 0.3) is 0 Å². The lowest BCUT2D eigenvalue weighted by Crippen LogP contribution is -2.18. The van der Waals surface area contributed by atoms with Gasteiger partial charge in [0.2, 0.25) is 17.9 Å². The van der Waals surface area contributed by atoms with Gasteiger partial charge in [-0.1, -0.05) is 11.6 Å².